The molecule has 1 N–H and O–H groups in total. The quantitative estimate of drug-likeness (QED) is 0.787. The standard InChI is InChI=1S/C21H25ClN2O2/c1-2-26-20-12-6-4-10-17(20)21(25)23-15-19(24-13-7-8-14-24)16-9-3-5-11-18(16)22/h3-6,9-12,19H,2,7-8,13-15H2,1H3,(H,23,25)/t19-/m0/s1. The van der Waals surface area contributed by atoms with Crippen LogP contribution in [-0.2, 0) is 0 Å². The Morgan fingerprint density at radius 1 is 1.15 bits per heavy atom. The van der Waals surface area contributed by atoms with Crippen LogP contribution >= 0.6 is 11.6 Å². The van der Waals surface area contributed by atoms with Gasteiger partial charge in [-0.25, -0.2) is 0 Å². The third-order valence-corrected chi connectivity index (χ3v) is 5.08. The summed E-state index contributed by atoms with van der Waals surface area (Å²) in [4.78, 5) is 15.1. The Morgan fingerprint density at radius 3 is 2.58 bits per heavy atom. The number of carbonyl (C=O) groups excluding carboxylic acids is 1. The zero-order valence-corrected chi connectivity index (χ0v) is 15.8. The summed E-state index contributed by atoms with van der Waals surface area (Å²) in [6, 6.07) is 15.3. The second-order valence-corrected chi connectivity index (χ2v) is 6.83. The van der Waals surface area contributed by atoms with E-state index < -0.39 is 0 Å². The van der Waals surface area contributed by atoms with Crippen molar-refractivity contribution in [3.63, 3.8) is 0 Å². The molecule has 1 saturated heterocycles. The molecule has 0 bridgehead atoms. The Kier molecular flexibility index (Phi) is 6.53. The first-order valence-electron chi connectivity index (χ1n) is 9.19. The molecule has 138 valence electrons. The number of halogens is 1. The number of para-hydroxylation sites is 1. The van der Waals surface area contributed by atoms with E-state index in [-0.39, 0.29) is 11.9 Å². The number of hydrogen-bond donors (Lipinski definition) is 1. The third-order valence-electron chi connectivity index (χ3n) is 4.73. The van der Waals surface area contributed by atoms with Crippen molar-refractivity contribution in [1.29, 1.82) is 0 Å². The van der Waals surface area contributed by atoms with Crippen LogP contribution in [0.1, 0.15) is 41.7 Å². The van der Waals surface area contributed by atoms with Gasteiger partial charge in [0.25, 0.3) is 5.91 Å². The summed E-state index contributed by atoms with van der Waals surface area (Å²) in [5, 5.41) is 3.83. The molecule has 1 amide bonds. The van der Waals surface area contributed by atoms with E-state index in [1.54, 1.807) is 6.07 Å². The Hall–Kier alpha value is -2.04. The number of nitrogens with one attached hydrogen (secondary N) is 1. The van der Waals surface area contributed by atoms with Gasteiger partial charge in [0.1, 0.15) is 5.75 Å². The molecule has 4 nitrogen and oxygen atoms in total. The SMILES string of the molecule is CCOc1ccccc1C(=O)NC[C@@H](c1ccccc1Cl)N1CCCC1. The van der Waals surface area contributed by atoms with E-state index >= 15 is 0 Å². The van der Waals surface area contributed by atoms with Gasteiger partial charge in [0.2, 0.25) is 0 Å². The van der Waals surface area contributed by atoms with Crippen LogP contribution in [0.4, 0.5) is 0 Å². The van der Waals surface area contributed by atoms with Gasteiger partial charge in [-0.15, -0.1) is 0 Å². The van der Waals surface area contributed by atoms with E-state index in [0.29, 0.717) is 24.5 Å². The molecule has 3 rings (SSSR count). The Morgan fingerprint density at radius 2 is 1.85 bits per heavy atom. The van der Waals surface area contributed by atoms with Crippen LogP contribution in [0.3, 0.4) is 0 Å². The fourth-order valence-corrected chi connectivity index (χ4v) is 3.72. The summed E-state index contributed by atoms with van der Waals surface area (Å²) < 4.78 is 5.58. The molecule has 26 heavy (non-hydrogen) atoms. The Labute approximate surface area is 160 Å². The summed E-state index contributed by atoms with van der Waals surface area (Å²) in [5.74, 6) is 0.494. The van der Waals surface area contributed by atoms with E-state index in [4.69, 9.17) is 16.3 Å². The van der Waals surface area contributed by atoms with Crippen molar-refractivity contribution in [3.05, 3.63) is 64.7 Å². The maximum atomic E-state index is 12.7. The lowest BCUT2D eigenvalue weighted by atomic mass is 10.0. The zero-order valence-electron chi connectivity index (χ0n) is 15.1. The highest BCUT2D eigenvalue weighted by Gasteiger charge is 2.26. The van der Waals surface area contributed by atoms with Crippen molar-refractivity contribution in [2.45, 2.75) is 25.8 Å². The summed E-state index contributed by atoms with van der Waals surface area (Å²) >= 11 is 6.44. The number of carbonyl (C=O) groups is 1. The molecule has 0 radical (unpaired) electrons. The molecular formula is C21H25ClN2O2. The van der Waals surface area contributed by atoms with Crippen molar-refractivity contribution in [2.24, 2.45) is 0 Å². The average Bonchev–Trinajstić information content (AvgIpc) is 3.18. The molecule has 0 unspecified atom stereocenters. The van der Waals surface area contributed by atoms with Gasteiger partial charge < -0.3 is 10.1 Å². The first-order valence-corrected chi connectivity index (χ1v) is 9.57. The Bertz CT molecular complexity index is 744. The predicted octanol–water partition coefficient (Wildman–Crippen LogP) is 4.31. The molecule has 0 aliphatic carbocycles. The van der Waals surface area contributed by atoms with Gasteiger partial charge in [0.15, 0.2) is 0 Å². The molecule has 0 saturated carbocycles. The number of benzene rings is 2. The topological polar surface area (TPSA) is 41.6 Å². The number of nitrogens with zero attached hydrogens (tertiary/aromatic N) is 1. The van der Waals surface area contributed by atoms with Crippen LogP contribution in [-0.4, -0.2) is 37.0 Å². The second kappa shape index (κ2) is 9.06. The number of amides is 1. The molecule has 0 spiro atoms. The van der Waals surface area contributed by atoms with E-state index in [1.165, 1.54) is 12.8 Å². The van der Waals surface area contributed by atoms with E-state index in [1.807, 2.05) is 49.4 Å². The summed E-state index contributed by atoms with van der Waals surface area (Å²) in [5.41, 5.74) is 1.63. The lowest BCUT2D eigenvalue weighted by Gasteiger charge is -2.29. The monoisotopic (exact) mass is 372 g/mol. The fourth-order valence-electron chi connectivity index (χ4n) is 3.45. The van der Waals surface area contributed by atoms with Gasteiger partial charge in [-0.05, 0) is 56.6 Å². The first kappa shape index (κ1) is 18.7. The molecular weight excluding hydrogens is 348 g/mol. The summed E-state index contributed by atoms with van der Waals surface area (Å²) in [6.07, 6.45) is 2.37. The summed E-state index contributed by atoms with van der Waals surface area (Å²) in [6.45, 7) is 5.02. The van der Waals surface area contributed by atoms with E-state index in [2.05, 4.69) is 10.2 Å². The van der Waals surface area contributed by atoms with E-state index in [0.717, 1.165) is 23.7 Å². The average molecular weight is 373 g/mol. The molecule has 2 aromatic carbocycles. The maximum absolute atomic E-state index is 12.7. The highest BCUT2D eigenvalue weighted by Crippen LogP contribution is 2.30. The van der Waals surface area contributed by atoms with Crippen molar-refractivity contribution in [3.8, 4) is 5.75 Å². The van der Waals surface area contributed by atoms with Crippen LogP contribution in [0.2, 0.25) is 5.02 Å². The smallest absolute Gasteiger partial charge is 0.255 e. The van der Waals surface area contributed by atoms with Crippen LogP contribution in [0.15, 0.2) is 48.5 Å². The molecule has 1 atom stereocenters. The van der Waals surface area contributed by atoms with Crippen molar-refractivity contribution in [1.82, 2.24) is 10.2 Å². The number of likely N-dealkylation sites (tertiary alicyclic amines) is 1. The minimum atomic E-state index is -0.120. The maximum Gasteiger partial charge on any atom is 0.255 e. The zero-order chi connectivity index (χ0) is 18.4. The fraction of sp³-hybridized carbons (Fsp3) is 0.381. The van der Waals surface area contributed by atoms with Gasteiger partial charge in [-0.3, -0.25) is 9.69 Å². The van der Waals surface area contributed by atoms with Gasteiger partial charge in [-0.1, -0.05) is 41.9 Å². The van der Waals surface area contributed by atoms with Crippen LogP contribution < -0.4 is 10.1 Å². The predicted molar refractivity (Wildman–Crippen MR) is 105 cm³/mol. The van der Waals surface area contributed by atoms with Crippen molar-refractivity contribution >= 4 is 17.5 Å². The van der Waals surface area contributed by atoms with Gasteiger partial charge in [0.05, 0.1) is 18.2 Å². The largest absolute Gasteiger partial charge is 0.493 e. The summed E-state index contributed by atoms with van der Waals surface area (Å²) in [7, 11) is 0. The molecule has 2 aromatic rings. The molecule has 1 aliphatic rings. The minimum Gasteiger partial charge on any atom is -0.493 e. The first-order chi connectivity index (χ1) is 12.7. The molecule has 1 aliphatic heterocycles. The molecule has 1 heterocycles. The van der Waals surface area contributed by atoms with Crippen LogP contribution in [0.5, 0.6) is 5.75 Å². The van der Waals surface area contributed by atoms with Gasteiger partial charge in [0, 0.05) is 11.6 Å². The van der Waals surface area contributed by atoms with Crippen molar-refractivity contribution < 1.29 is 9.53 Å². The second-order valence-electron chi connectivity index (χ2n) is 6.42. The van der Waals surface area contributed by atoms with Crippen LogP contribution in [0.25, 0.3) is 0 Å². The van der Waals surface area contributed by atoms with Crippen LogP contribution in [0, 0.1) is 0 Å². The lowest BCUT2D eigenvalue weighted by Crippen LogP contribution is -2.37. The molecule has 1 fully saturated rings. The highest BCUT2D eigenvalue weighted by atomic mass is 35.5. The molecule has 0 aromatic heterocycles. The van der Waals surface area contributed by atoms with Gasteiger partial charge >= 0.3 is 0 Å². The molecule has 5 heteroatoms. The Balaban J connectivity index is 1.76. The normalized spacial score (nSPS) is 15.6. The number of hydrogen-bond acceptors (Lipinski definition) is 3. The van der Waals surface area contributed by atoms with Gasteiger partial charge in [-0.2, -0.15) is 0 Å². The minimum absolute atomic E-state index is 0.0782. The number of rotatable bonds is 7. The lowest BCUT2D eigenvalue weighted by molar-refractivity contribution is 0.0934. The highest BCUT2D eigenvalue weighted by molar-refractivity contribution is 6.31. The van der Waals surface area contributed by atoms with E-state index in [9.17, 15) is 4.79 Å². The number of ether oxygens (including phenoxy) is 1. The third kappa shape index (κ3) is 4.37. The van der Waals surface area contributed by atoms with Crippen molar-refractivity contribution in [2.75, 3.05) is 26.2 Å².